The predicted molar refractivity (Wildman–Crippen MR) is 274 cm³/mol. The lowest BCUT2D eigenvalue weighted by Crippen LogP contribution is -2.53. The Labute approximate surface area is 392 Å². The van der Waals surface area contributed by atoms with E-state index >= 15 is 0 Å². The lowest BCUT2D eigenvalue weighted by atomic mass is 10.00. The maximum atomic E-state index is 12.6. The molecule has 0 saturated heterocycles. The molecule has 0 heterocycles. The molecule has 63 heavy (non-hydrogen) atoms. The van der Waals surface area contributed by atoms with Crippen LogP contribution in [-0.4, -0.2) is 57.3 Å². The highest BCUT2D eigenvalue weighted by atomic mass is 16.3. The molecule has 0 rings (SSSR count). The lowest BCUT2D eigenvalue weighted by molar-refractivity contribution is -0.132. The van der Waals surface area contributed by atoms with Crippen LogP contribution in [0, 0.1) is 0 Å². The van der Waals surface area contributed by atoms with Crippen molar-refractivity contribution in [2.24, 2.45) is 0 Å². The van der Waals surface area contributed by atoms with E-state index in [0.29, 0.717) is 19.3 Å². The number of rotatable bonds is 51. The van der Waals surface area contributed by atoms with Crippen molar-refractivity contribution in [2.45, 2.75) is 314 Å². The molecule has 0 aromatic heterocycles. The number of allylic oxidation sites excluding steroid dienone is 6. The first kappa shape index (κ1) is 61.5. The SMILES string of the molecule is CCCCCCCCCCCCCCC/C=C/CC/C=C/CC/C=C/CCCC(O)C(O)C(CO)NC(=O)C(O)CCCCCCCCCCCCCCCCCCCCCCC. The zero-order valence-electron chi connectivity index (χ0n) is 42.1. The highest BCUT2D eigenvalue weighted by molar-refractivity contribution is 5.80. The molecule has 6 nitrogen and oxygen atoms in total. The summed E-state index contributed by atoms with van der Waals surface area (Å²) in [6.45, 7) is 4.07. The Balaban J connectivity index is 3.71. The minimum absolute atomic E-state index is 0.362. The fourth-order valence-electron chi connectivity index (χ4n) is 8.67. The van der Waals surface area contributed by atoms with Gasteiger partial charge < -0.3 is 25.7 Å². The van der Waals surface area contributed by atoms with Crippen LogP contribution in [0.1, 0.15) is 290 Å². The minimum Gasteiger partial charge on any atom is -0.394 e. The quantitative estimate of drug-likeness (QED) is 0.0309. The molecule has 0 aliphatic heterocycles. The molecule has 0 bridgehead atoms. The largest absolute Gasteiger partial charge is 0.394 e. The van der Waals surface area contributed by atoms with Crippen LogP contribution in [0.2, 0.25) is 0 Å². The number of amides is 1. The summed E-state index contributed by atoms with van der Waals surface area (Å²) in [6.07, 6.45) is 63.5. The summed E-state index contributed by atoms with van der Waals surface area (Å²) in [5.41, 5.74) is 0. The van der Waals surface area contributed by atoms with E-state index in [1.165, 1.54) is 205 Å². The molecule has 4 atom stereocenters. The van der Waals surface area contributed by atoms with Crippen molar-refractivity contribution in [3.63, 3.8) is 0 Å². The molecular formula is C57H109NO5. The molecule has 0 aliphatic rings. The average molecular weight is 889 g/mol. The first-order valence-electron chi connectivity index (χ1n) is 27.9. The second-order valence-electron chi connectivity index (χ2n) is 19.3. The number of hydrogen-bond donors (Lipinski definition) is 5. The summed E-state index contributed by atoms with van der Waals surface area (Å²) in [7, 11) is 0. The van der Waals surface area contributed by atoms with Crippen LogP contribution in [0.4, 0.5) is 0 Å². The molecule has 6 heteroatoms. The molecule has 0 spiro atoms. The van der Waals surface area contributed by atoms with Gasteiger partial charge in [0.25, 0.3) is 0 Å². The van der Waals surface area contributed by atoms with E-state index in [1.807, 2.05) is 0 Å². The Kier molecular flexibility index (Phi) is 50.3. The van der Waals surface area contributed by atoms with E-state index in [2.05, 4.69) is 55.6 Å². The zero-order valence-corrected chi connectivity index (χ0v) is 42.1. The molecule has 0 aliphatic carbocycles. The number of nitrogens with one attached hydrogen (secondary N) is 1. The van der Waals surface area contributed by atoms with Crippen LogP contribution in [0.15, 0.2) is 36.5 Å². The topological polar surface area (TPSA) is 110 Å². The van der Waals surface area contributed by atoms with E-state index < -0.39 is 36.9 Å². The second-order valence-corrected chi connectivity index (χ2v) is 19.3. The highest BCUT2D eigenvalue weighted by Crippen LogP contribution is 2.17. The Hall–Kier alpha value is -1.47. The number of aliphatic hydroxyl groups is 4. The fraction of sp³-hybridized carbons (Fsp3) is 0.877. The van der Waals surface area contributed by atoms with Gasteiger partial charge in [0.05, 0.1) is 18.8 Å². The second kappa shape index (κ2) is 51.5. The average Bonchev–Trinajstić information content (AvgIpc) is 3.29. The van der Waals surface area contributed by atoms with Gasteiger partial charge in [-0.05, 0) is 64.2 Å². The first-order chi connectivity index (χ1) is 31.0. The third-order valence-corrected chi connectivity index (χ3v) is 13.1. The Morgan fingerprint density at radius 1 is 0.381 bits per heavy atom. The monoisotopic (exact) mass is 888 g/mol. The molecule has 0 saturated carbocycles. The van der Waals surface area contributed by atoms with E-state index in [1.54, 1.807) is 0 Å². The van der Waals surface area contributed by atoms with Crippen LogP contribution in [-0.2, 0) is 4.79 Å². The van der Waals surface area contributed by atoms with Crippen molar-refractivity contribution >= 4 is 5.91 Å². The van der Waals surface area contributed by atoms with Gasteiger partial charge in [-0.25, -0.2) is 0 Å². The van der Waals surface area contributed by atoms with Gasteiger partial charge in [-0.1, -0.05) is 262 Å². The number of carbonyl (C=O) groups excluding carboxylic acids is 1. The Morgan fingerprint density at radius 2 is 0.667 bits per heavy atom. The van der Waals surface area contributed by atoms with Crippen LogP contribution in [0.3, 0.4) is 0 Å². The van der Waals surface area contributed by atoms with Crippen molar-refractivity contribution in [1.82, 2.24) is 5.32 Å². The van der Waals surface area contributed by atoms with Gasteiger partial charge in [0.2, 0.25) is 5.91 Å². The van der Waals surface area contributed by atoms with Gasteiger partial charge in [0, 0.05) is 0 Å². The Morgan fingerprint density at radius 3 is 1.00 bits per heavy atom. The van der Waals surface area contributed by atoms with Crippen molar-refractivity contribution in [3.8, 4) is 0 Å². The standard InChI is InChI=1S/C57H109NO5/c1-3-5-7-9-11-13-15-17-19-21-23-25-26-27-28-29-31-32-34-36-38-40-42-44-46-48-50-54(60)56(62)53(52-59)58-57(63)55(61)51-49-47-45-43-41-39-37-35-33-30-24-22-20-18-16-14-12-10-8-6-4-2/h28-29,34,36,42,44,53-56,59-62H,3-27,30-33,35,37-41,43,45-52H2,1-2H3,(H,58,63)/b29-28+,36-34+,44-42+. The highest BCUT2D eigenvalue weighted by Gasteiger charge is 2.28. The van der Waals surface area contributed by atoms with Crippen LogP contribution >= 0.6 is 0 Å². The van der Waals surface area contributed by atoms with Crippen LogP contribution < -0.4 is 5.32 Å². The lowest BCUT2D eigenvalue weighted by Gasteiger charge is -2.27. The van der Waals surface area contributed by atoms with Gasteiger partial charge in [0.1, 0.15) is 12.2 Å². The van der Waals surface area contributed by atoms with Crippen LogP contribution in [0.5, 0.6) is 0 Å². The third kappa shape index (κ3) is 45.5. The van der Waals surface area contributed by atoms with E-state index in [-0.39, 0.29) is 0 Å². The van der Waals surface area contributed by atoms with Gasteiger partial charge in [0.15, 0.2) is 0 Å². The third-order valence-electron chi connectivity index (χ3n) is 13.1. The number of unbranched alkanes of at least 4 members (excludes halogenated alkanes) is 36. The molecule has 0 fully saturated rings. The van der Waals surface area contributed by atoms with E-state index in [4.69, 9.17) is 0 Å². The molecule has 1 amide bonds. The minimum atomic E-state index is -1.29. The van der Waals surface area contributed by atoms with Gasteiger partial charge in [-0.15, -0.1) is 0 Å². The van der Waals surface area contributed by atoms with E-state index in [0.717, 1.165) is 51.4 Å². The number of aliphatic hydroxyl groups excluding tert-OH is 4. The van der Waals surface area contributed by atoms with Gasteiger partial charge in [-0.3, -0.25) is 4.79 Å². The smallest absolute Gasteiger partial charge is 0.249 e. The molecule has 4 unspecified atom stereocenters. The summed E-state index contributed by atoms with van der Waals surface area (Å²) in [6, 6.07) is -1.01. The number of hydrogen-bond acceptors (Lipinski definition) is 5. The van der Waals surface area contributed by atoms with E-state index in [9.17, 15) is 25.2 Å². The molecule has 0 aromatic rings. The van der Waals surface area contributed by atoms with Crippen molar-refractivity contribution in [1.29, 1.82) is 0 Å². The molecule has 0 aromatic carbocycles. The van der Waals surface area contributed by atoms with Gasteiger partial charge >= 0.3 is 0 Å². The number of carbonyl (C=O) groups is 1. The molecule has 5 N–H and O–H groups in total. The summed E-state index contributed by atoms with van der Waals surface area (Å²) >= 11 is 0. The van der Waals surface area contributed by atoms with Crippen molar-refractivity contribution in [2.75, 3.05) is 6.61 Å². The maximum absolute atomic E-state index is 12.6. The predicted octanol–water partition coefficient (Wildman–Crippen LogP) is 16.0. The van der Waals surface area contributed by atoms with Crippen molar-refractivity contribution < 1.29 is 25.2 Å². The maximum Gasteiger partial charge on any atom is 0.249 e. The van der Waals surface area contributed by atoms with Gasteiger partial charge in [-0.2, -0.15) is 0 Å². The summed E-state index contributed by atoms with van der Waals surface area (Å²) in [5.74, 6) is -0.595. The summed E-state index contributed by atoms with van der Waals surface area (Å²) < 4.78 is 0. The first-order valence-corrected chi connectivity index (χ1v) is 27.9. The molecule has 372 valence electrons. The zero-order chi connectivity index (χ0) is 45.9. The normalized spacial score (nSPS) is 14.1. The fourth-order valence-corrected chi connectivity index (χ4v) is 8.67. The summed E-state index contributed by atoms with van der Waals surface area (Å²) in [5, 5.41) is 43.9. The Bertz CT molecular complexity index is 997. The van der Waals surface area contributed by atoms with Crippen molar-refractivity contribution in [3.05, 3.63) is 36.5 Å². The molecule has 0 radical (unpaired) electrons. The summed E-state index contributed by atoms with van der Waals surface area (Å²) in [4.78, 5) is 12.6. The van der Waals surface area contributed by atoms with Crippen LogP contribution in [0.25, 0.3) is 0 Å². The molecular weight excluding hydrogens is 779 g/mol.